The Kier molecular flexibility index (Phi) is 2.44. The van der Waals surface area contributed by atoms with E-state index in [-0.39, 0.29) is 16.9 Å². The van der Waals surface area contributed by atoms with Crippen molar-refractivity contribution in [2.45, 2.75) is 0 Å². The molecule has 4 nitrogen and oxygen atoms in total. The summed E-state index contributed by atoms with van der Waals surface area (Å²) >= 11 is 0. The smallest absolute Gasteiger partial charge is 0.356 e. The third-order valence-corrected chi connectivity index (χ3v) is 2.13. The molecule has 1 heterocycles. The van der Waals surface area contributed by atoms with E-state index in [1.54, 1.807) is 0 Å². The van der Waals surface area contributed by atoms with Crippen LogP contribution in [0.5, 0.6) is 0 Å². The van der Waals surface area contributed by atoms with Crippen LogP contribution in [-0.4, -0.2) is 18.9 Å². The number of ether oxygens (including phenoxy) is 1. The second-order valence-electron chi connectivity index (χ2n) is 3.16. The number of esters is 1. The molecule has 5 heteroatoms. The molecule has 0 bridgehead atoms. The summed E-state index contributed by atoms with van der Waals surface area (Å²) in [5.41, 5.74) is 0.341. The van der Waals surface area contributed by atoms with E-state index in [0.29, 0.717) is 0 Å². The first-order valence-electron chi connectivity index (χ1n) is 4.47. The first-order valence-corrected chi connectivity index (χ1v) is 4.47. The number of fused-ring (bicyclic) bond motifs is 1. The van der Waals surface area contributed by atoms with Gasteiger partial charge in [0.05, 0.1) is 18.4 Å². The topological polar surface area (TPSA) is 57.5 Å². The molecular weight excluding hydrogens is 213 g/mol. The van der Waals surface area contributed by atoms with Crippen LogP contribution < -0.4 is 5.32 Å². The van der Waals surface area contributed by atoms with Gasteiger partial charge in [0.15, 0.2) is 11.5 Å². The third kappa shape index (κ3) is 1.67. The Morgan fingerprint density at radius 2 is 2.19 bits per heavy atom. The van der Waals surface area contributed by atoms with Gasteiger partial charge < -0.3 is 4.74 Å². The highest BCUT2D eigenvalue weighted by molar-refractivity contribution is 6.13. The van der Waals surface area contributed by atoms with Crippen LogP contribution >= 0.6 is 0 Å². The number of hydrogen-bond donors (Lipinski definition) is 0. The normalized spacial score (nSPS) is 13.6. The van der Waals surface area contributed by atoms with E-state index >= 15 is 0 Å². The van der Waals surface area contributed by atoms with Gasteiger partial charge in [-0.15, -0.1) is 0 Å². The minimum atomic E-state index is -0.691. The maximum Gasteiger partial charge on any atom is 0.356 e. The van der Waals surface area contributed by atoms with Crippen molar-refractivity contribution < 1.29 is 18.7 Å². The van der Waals surface area contributed by atoms with E-state index in [0.717, 1.165) is 12.1 Å². The zero-order chi connectivity index (χ0) is 11.7. The van der Waals surface area contributed by atoms with Gasteiger partial charge in [0, 0.05) is 6.08 Å². The fourth-order valence-corrected chi connectivity index (χ4v) is 1.38. The molecule has 1 aromatic carbocycles. The molecule has 2 rings (SSSR count). The fraction of sp³-hybridized carbons (Fsp3) is 0.0909. The summed E-state index contributed by atoms with van der Waals surface area (Å²) in [7, 11) is 1.20. The molecule has 0 atom stereocenters. The maximum absolute atomic E-state index is 12.9. The lowest BCUT2D eigenvalue weighted by Gasteiger charge is -2.13. The van der Waals surface area contributed by atoms with E-state index in [4.69, 9.17) is 0 Å². The van der Waals surface area contributed by atoms with Gasteiger partial charge in [-0.05, 0) is 18.2 Å². The Hall–Kier alpha value is -2.17. The molecule has 0 fully saturated rings. The molecule has 1 aliphatic heterocycles. The number of methoxy groups -OCH3 is 1. The third-order valence-electron chi connectivity index (χ3n) is 2.13. The summed E-state index contributed by atoms with van der Waals surface area (Å²) in [6.45, 7) is 0. The molecule has 0 saturated carbocycles. The fourth-order valence-electron chi connectivity index (χ4n) is 1.38. The van der Waals surface area contributed by atoms with Gasteiger partial charge >= 0.3 is 5.97 Å². The van der Waals surface area contributed by atoms with E-state index in [1.807, 2.05) is 0 Å². The van der Waals surface area contributed by atoms with E-state index in [2.05, 4.69) is 10.1 Å². The molecule has 0 amide bonds. The first-order chi connectivity index (χ1) is 7.61. The number of halogens is 1. The second kappa shape index (κ2) is 3.77. The van der Waals surface area contributed by atoms with Crippen molar-refractivity contribution in [2.75, 3.05) is 7.11 Å². The lowest BCUT2D eigenvalue weighted by Crippen LogP contribution is -2.19. The van der Waals surface area contributed by atoms with Crippen molar-refractivity contribution in [2.24, 2.45) is 0 Å². The molecule has 0 saturated heterocycles. The van der Waals surface area contributed by atoms with Gasteiger partial charge in [-0.3, -0.25) is 4.79 Å². The molecule has 1 radical (unpaired) electrons. The summed E-state index contributed by atoms with van der Waals surface area (Å²) in [6.07, 6.45) is 1.04. The standard InChI is InChI=1S/C11H7FNO3/c1-16-11(15)9-5-10(14)7-4-6(12)2-3-8(7)13-9/h2-5H,1H3. The molecule has 0 aromatic heterocycles. The molecular formula is C11H7FNO3. The van der Waals surface area contributed by atoms with Crippen LogP contribution in [0, 0.1) is 5.82 Å². The number of allylic oxidation sites excluding steroid dienone is 1. The van der Waals surface area contributed by atoms with Crippen molar-refractivity contribution >= 4 is 17.4 Å². The Bertz CT molecular complexity index is 508. The summed E-state index contributed by atoms with van der Waals surface area (Å²) < 4.78 is 17.3. The van der Waals surface area contributed by atoms with Crippen LogP contribution in [0.1, 0.15) is 10.4 Å². The highest BCUT2D eigenvalue weighted by Gasteiger charge is 2.23. The highest BCUT2D eigenvalue weighted by atomic mass is 19.1. The lowest BCUT2D eigenvalue weighted by molar-refractivity contribution is -0.136. The van der Waals surface area contributed by atoms with Crippen molar-refractivity contribution in [1.82, 2.24) is 5.32 Å². The van der Waals surface area contributed by atoms with Crippen LogP contribution in [0.25, 0.3) is 0 Å². The number of hydrogen-bond acceptors (Lipinski definition) is 3. The number of carbonyl (C=O) groups is 2. The Labute approximate surface area is 90.7 Å². The van der Waals surface area contributed by atoms with Crippen LogP contribution in [-0.2, 0) is 9.53 Å². The monoisotopic (exact) mass is 220 g/mol. The SMILES string of the molecule is COC(=O)C1=CC(=O)c2cc(F)ccc2[N]1. The van der Waals surface area contributed by atoms with Gasteiger partial charge in [-0.2, -0.15) is 0 Å². The highest BCUT2D eigenvalue weighted by Crippen LogP contribution is 2.24. The van der Waals surface area contributed by atoms with E-state index in [9.17, 15) is 14.0 Å². The summed E-state index contributed by atoms with van der Waals surface area (Å²) in [4.78, 5) is 22.7. The number of nitrogens with zero attached hydrogens (tertiary/aromatic N) is 1. The van der Waals surface area contributed by atoms with Crippen molar-refractivity contribution in [3.63, 3.8) is 0 Å². The van der Waals surface area contributed by atoms with Gasteiger partial charge in [0.1, 0.15) is 5.82 Å². The minimum Gasteiger partial charge on any atom is -0.464 e. The minimum absolute atomic E-state index is 0.0772. The van der Waals surface area contributed by atoms with E-state index < -0.39 is 17.6 Å². The van der Waals surface area contributed by atoms with Gasteiger partial charge in [0.25, 0.3) is 0 Å². The predicted octanol–water partition coefficient (Wildman–Crippen LogP) is 1.31. The molecule has 16 heavy (non-hydrogen) atoms. The molecule has 0 N–H and O–H groups in total. The Morgan fingerprint density at radius 3 is 2.88 bits per heavy atom. The molecule has 0 aliphatic carbocycles. The second-order valence-corrected chi connectivity index (χ2v) is 3.16. The number of rotatable bonds is 1. The molecule has 1 aromatic rings. The Balaban J connectivity index is 2.42. The van der Waals surface area contributed by atoms with Crippen molar-refractivity contribution in [3.8, 4) is 0 Å². The molecule has 81 valence electrons. The first kappa shape index (κ1) is 10.4. The van der Waals surface area contributed by atoms with E-state index in [1.165, 1.54) is 19.2 Å². The largest absolute Gasteiger partial charge is 0.464 e. The lowest BCUT2D eigenvalue weighted by atomic mass is 10.0. The molecule has 0 unspecified atom stereocenters. The maximum atomic E-state index is 12.9. The van der Waals surface area contributed by atoms with Crippen LogP contribution in [0.3, 0.4) is 0 Å². The van der Waals surface area contributed by atoms with Crippen LogP contribution in [0.4, 0.5) is 10.1 Å². The van der Waals surface area contributed by atoms with Crippen LogP contribution in [0.2, 0.25) is 0 Å². The van der Waals surface area contributed by atoms with Crippen LogP contribution in [0.15, 0.2) is 30.0 Å². The summed E-state index contributed by atoms with van der Waals surface area (Å²) in [6, 6.07) is 3.61. The van der Waals surface area contributed by atoms with Gasteiger partial charge in [0.2, 0.25) is 0 Å². The average molecular weight is 220 g/mol. The summed E-state index contributed by atoms with van der Waals surface area (Å²) in [5, 5.41) is 3.91. The van der Waals surface area contributed by atoms with Gasteiger partial charge in [-0.1, -0.05) is 0 Å². The summed E-state index contributed by atoms with van der Waals surface area (Å²) in [5.74, 6) is -1.66. The number of carbonyl (C=O) groups excluding carboxylic acids is 2. The molecule has 1 aliphatic rings. The quantitative estimate of drug-likeness (QED) is 0.670. The molecule has 0 spiro atoms. The number of benzene rings is 1. The van der Waals surface area contributed by atoms with Crippen molar-refractivity contribution in [1.29, 1.82) is 0 Å². The number of ketones is 1. The zero-order valence-electron chi connectivity index (χ0n) is 8.36. The zero-order valence-corrected chi connectivity index (χ0v) is 8.36. The van der Waals surface area contributed by atoms with Crippen molar-refractivity contribution in [3.05, 3.63) is 41.4 Å². The predicted molar refractivity (Wildman–Crippen MR) is 52.6 cm³/mol. The average Bonchev–Trinajstić information content (AvgIpc) is 2.28. The Morgan fingerprint density at radius 1 is 1.44 bits per heavy atom. The van der Waals surface area contributed by atoms with Gasteiger partial charge in [-0.25, -0.2) is 14.5 Å².